The van der Waals surface area contributed by atoms with Crippen molar-refractivity contribution in [3.63, 3.8) is 0 Å². The van der Waals surface area contributed by atoms with Crippen LogP contribution in [-0.2, 0) is 14.3 Å². The maximum absolute atomic E-state index is 12.0. The molecule has 0 radical (unpaired) electrons. The molecule has 0 aliphatic rings. The molecule has 1 atom stereocenters. The standard InChI is InChI=1S/C21H21NO5/c1-15(19-13-16-7-5-6-10-18(16)27-19)22-20(23)14-26-21(24)11-12-25-17-8-3-2-4-9-17/h2-10,13,15H,11-12,14H2,1H3,(H,22,23)/t15-/m1/s1. The summed E-state index contributed by atoms with van der Waals surface area (Å²) in [6.45, 7) is 1.67. The lowest BCUT2D eigenvalue weighted by Gasteiger charge is -2.11. The van der Waals surface area contributed by atoms with Gasteiger partial charge in [0.1, 0.15) is 17.1 Å². The van der Waals surface area contributed by atoms with Crippen LogP contribution in [0, 0.1) is 0 Å². The molecule has 3 rings (SSSR count). The first-order chi connectivity index (χ1) is 13.1. The number of para-hydroxylation sites is 2. The highest BCUT2D eigenvalue weighted by Crippen LogP contribution is 2.23. The molecule has 6 heteroatoms. The molecule has 0 saturated heterocycles. The van der Waals surface area contributed by atoms with Gasteiger partial charge in [-0.1, -0.05) is 36.4 Å². The molecule has 2 aromatic carbocycles. The van der Waals surface area contributed by atoms with E-state index in [2.05, 4.69) is 5.32 Å². The van der Waals surface area contributed by atoms with E-state index in [1.54, 1.807) is 12.1 Å². The first-order valence-electron chi connectivity index (χ1n) is 8.73. The number of rotatable bonds is 8. The zero-order valence-electron chi connectivity index (χ0n) is 15.0. The summed E-state index contributed by atoms with van der Waals surface area (Å²) in [4.78, 5) is 23.7. The Bertz CT molecular complexity index is 870. The fourth-order valence-corrected chi connectivity index (χ4v) is 2.56. The van der Waals surface area contributed by atoms with Crippen LogP contribution in [0.5, 0.6) is 5.75 Å². The van der Waals surface area contributed by atoms with Gasteiger partial charge in [0.25, 0.3) is 5.91 Å². The van der Waals surface area contributed by atoms with E-state index in [1.807, 2.05) is 55.5 Å². The second-order valence-corrected chi connectivity index (χ2v) is 6.05. The van der Waals surface area contributed by atoms with Crippen molar-refractivity contribution in [1.29, 1.82) is 0 Å². The van der Waals surface area contributed by atoms with Gasteiger partial charge in [-0.25, -0.2) is 0 Å². The van der Waals surface area contributed by atoms with Gasteiger partial charge in [-0.3, -0.25) is 9.59 Å². The van der Waals surface area contributed by atoms with Crippen LogP contribution in [0.15, 0.2) is 65.1 Å². The highest BCUT2D eigenvalue weighted by molar-refractivity contribution is 5.81. The summed E-state index contributed by atoms with van der Waals surface area (Å²) in [6.07, 6.45) is 0.0707. The number of carbonyl (C=O) groups excluding carboxylic acids is 2. The highest BCUT2D eigenvalue weighted by Gasteiger charge is 2.15. The Morgan fingerprint density at radius 3 is 2.59 bits per heavy atom. The fraction of sp³-hybridized carbons (Fsp3) is 0.238. The zero-order chi connectivity index (χ0) is 19.1. The van der Waals surface area contributed by atoms with E-state index in [0.29, 0.717) is 11.5 Å². The third-order valence-electron chi connectivity index (χ3n) is 3.93. The Morgan fingerprint density at radius 2 is 1.81 bits per heavy atom. The van der Waals surface area contributed by atoms with Crippen LogP contribution in [0.25, 0.3) is 11.0 Å². The molecule has 0 bridgehead atoms. The molecule has 0 aliphatic heterocycles. The SMILES string of the molecule is C[C@@H](NC(=O)COC(=O)CCOc1ccccc1)c1cc2ccccc2o1. The lowest BCUT2D eigenvalue weighted by molar-refractivity contribution is -0.149. The van der Waals surface area contributed by atoms with Crippen LogP contribution in [0.1, 0.15) is 25.1 Å². The van der Waals surface area contributed by atoms with Gasteiger partial charge in [-0.05, 0) is 31.2 Å². The Balaban J connectivity index is 1.39. The van der Waals surface area contributed by atoms with E-state index in [9.17, 15) is 9.59 Å². The zero-order valence-corrected chi connectivity index (χ0v) is 15.0. The molecule has 0 unspecified atom stereocenters. The molecule has 1 amide bonds. The molecular formula is C21H21NO5. The first-order valence-corrected chi connectivity index (χ1v) is 8.73. The summed E-state index contributed by atoms with van der Waals surface area (Å²) in [5.41, 5.74) is 0.762. The van der Waals surface area contributed by atoms with Crippen molar-refractivity contribution in [2.24, 2.45) is 0 Å². The highest BCUT2D eigenvalue weighted by atomic mass is 16.5. The summed E-state index contributed by atoms with van der Waals surface area (Å²) < 4.78 is 16.1. The number of ether oxygens (including phenoxy) is 2. The summed E-state index contributed by atoms with van der Waals surface area (Å²) in [7, 11) is 0. The minimum atomic E-state index is -0.488. The summed E-state index contributed by atoms with van der Waals surface area (Å²) in [6, 6.07) is 18.4. The molecule has 1 heterocycles. The molecule has 0 saturated carbocycles. The number of furan rings is 1. The molecule has 0 aliphatic carbocycles. The first kappa shape index (κ1) is 18.5. The smallest absolute Gasteiger partial charge is 0.309 e. The summed E-state index contributed by atoms with van der Waals surface area (Å²) in [5, 5.41) is 3.72. The van der Waals surface area contributed by atoms with Crippen molar-refractivity contribution in [3.8, 4) is 5.75 Å². The number of benzene rings is 2. The number of hydrogen-bond donors (Lipinski definition) is 1. The Hall–Kier alpha value is -3.28. The van der Waals surface area contributed by atoms with Crippen molar-refractivity contribution in [1.82, 2.24) is 5.32 Å². The molecule has 0 spiro atoms. The number of carbonyl (C=O) groups is 2. The van der Waals surface area contributed by atoms with Crippen molar-refractivity contribution in [3.05, 3.63) is 66.4 Å². The van der Waals surface area contributed by atoms with Crippen LogP contribution in [-0.4, -0.2) is 25.1 Å². The molecule has 27 heavy (non-hydrogen) atoms. The Morgan fingerprint density at radius 1 is 1.07 bits per heavy atom. The molecule has 3 aromatic rings. The summed E-state index contributed by atoms with van der Waals surface area (Å²) in [5.74, 6) is 0.451. The van der Waals surface area contributed by atoms with Gasteiger partial charge in [0.05, 0.1) is 19.1 Å². The molecule has 6 nitrogen and oxygen atoms in total. The van der Waals surface area contributed by atoms with Crippen molar-refractivity contribution >= 4 is 22.8 Å². The van der Waals surface area contributed by atoms with Crippen LogP contribution >= 0.6 is 0 Å². The molecule has 0 fully saturated rings. The number of fused-ring (bicyclic) bond motifs is 1. The van der Waals surface area contributed by atoms with E-state index in [0.717, 1.165) is 11.0 Å². The third kappa shape index (κ3) is 5.34. The normalized spacial score (nSPS) is 11.7. The van der Waals surface area contributed by atoms with E-state index < -0.39 is 5.97 Å². The fourth-order valence-electron chi connectivity index (χ4n) is 2.56. The van der Waals surface area contributed by atoms with Crippen LogP contribution in [0.2, 0.25) is 0 Å². The van der Waals surface area contributed by atoms with Crippen LogP contribution in [0.4, 0.5) is 0 Å². The molecule has 140 valence electrons. The van der Waals surface area contributed by atoms with Crippen molar-refractivity contribution in [2.45, 2.75) is 19.4 Å². The van der Waals surface area contributed by atoms with Crippen LogP contribution in [0.3, 0.4) is 0 Å². The molecular weight excluding hydrogens is 346 g/mol. The predicted molar refractivity (Wildman–Crippen MR) is 100 cm³/mol. The number of amides is 1. The van der Waals surface area contributed by atoms with E-state index in [1.165, 1.54) is 0 Å². The minimum absolute atomic E-state index is 0.0707. The molecule has 1 N–H and O–H groups in total. The topological polar surface area (TPSA) is 77.8 Å². The quantitative estimate of drug-likeness (QED) is 0.615. The average Bonchev–Trinajstić information content (AvgIpc) is 3.12. The monoisotopic (exact) mass is 367 g/mol. The second kappa shape index (κ2) is 8.89. The Labute approximate surface area is 157 Å². The summed E-state index contributed by atoms with van der Waals surface area (Å²) >= 11 is 0. The van der Waals surface area contributed by atoms with Gasteiger partial charge < -0.3 is 19.2 Å². The van der Waals surface area contributed by atoms with E-state index in [-0.39, 0.29) is 31.6 Å². The van der Waals surface area contributed by atoms with Gasteiger partial charge in [-0.2, -0.15) is 0 Å². The van der Waals surface area contributed by atoms with Gasteiger partial charge in [0.15, 0.2) is 6.61 Å². The second-order valence-electron chi connectivity index (χ2n) is 6.05. The lowest BCUT2D eigenvalue weighted by Crippen LogP contribution is -2.31. The van der Waals surface area contributed by atoms with E-state index in [4.69, 9.17) is 13.9 Å². The predicted octanol–water partition coefficient (Wildman–Crippen LogP) is 3.62. The lowest BCUT2D eigenvalue weighted by atomic mass is 10.2. The van der Waals surface area contributed by atoms with Crippen molar-refractivity contribution < 1.29 is 23.5 Å². The van der Waals surface area contributed by atoms with Gasteiger partial charge in [0, 0.05) is 5.39 Å². The molecule has 1 aromatic heterocycles. The maximum Gasteiger partial charge on any atom is 0.309 e. The number of hydrogen-bond acceptors (Lipinski definition) is 5. The Kier molecular flexibility index (Phi) is 6.10. The number of nitrogens with one attached hydrogen (secondary N) is 1. The van der Waals surface area contributed by atoms with Gasteiger partial charge in [0.2, 0.25) is 0 Å². The average molecular weight is 367 g/mol. The van der Waals surface area contributed by atoms with Crippen molar-refractivity contribution in [2.75, 3.05) is 13.2 Å². The van der Waals surface area contributed by atoms with E-state index >= 15 is 0 Å². The van der Waals surface area contributed by atoms with Crippen LogP contribution < -0.4 is 10.1 Å². The number of esters is 1. The maximum atomic E-state index is 12.0. The largest absolute Gasteiger partial charge is 0.493 e. The third-order valence-corrected chi connectivity index (χ3v) is 3.93. The minimum Gasteiger partial charge on any atom is -0.493 e. The van der Waals surface area contributed by atoms with Gasteiger partial charge >= 0.3 is 5.97 Å². The van der Waals surface area contributed by atoms with Gasteiger partial charge in [-0.15, -0.1) is 0 Å².